The molecule has 2 aliphatic rings. The number of rotatable bonds is 5. The number of nitro benzene ring substituents is 2. The van der Waals surface area contributed by atoms with Crippen LogP contribution in [-0.4, -0.2) is 31.5 Å². The summed E-state index contributed by atoms with van der Waals surface area (Å²) in [4.78, 5) is 39.6. The largest absolute Gasteiger partial charge is 0.286 e. The highest BCUT2D eigenvalue weighted by Crippen LogP contribution is 2.45. The normalized spacial score (nSPS) is 20.2. The van der Waals surface area contributed by atoms with Crippen molar-refractivity contribution in [2.75, 3.05) is 0 Å². The summed E-state index contributed by atoms with van der Waals surface area (Å²) >= 11 is 1.26. The zero-order chi connectivity index (χ0) is 25.4. The number of amides is 1. The number of hydrogen-bond acceptors (Lipinski definition) is 8. The minimum Gasteiger partial charge on any atom is -0.266 e. The van der Waals surface area contributed by atoms with Crippen molar-refractivity contribution >= 4 is 40.4 Å². The SMILES string of the molecule is Cc1ncsc1C(=O)N1N=C2/C(=C\c3ccc([N+](=O)[O-])cc3)CCCC2C1c1ccc([N+](=O)[O-])cc1. The van der Waals surface area contributed by atoms with E-state index in [-0.39, 0.29) is 23.2 Å². The molecule has 5 rings (SSSR count). The first kappa shape index (κ1) is 23.5. The maximum Gasteiger partial charge on any atom is 0.286 e. The van der Waals surface area contributed by atoms with Gasteiger partial charge in [-0.2, -0.15) is 5.10 Å². The highest BCUT2D eigenvalue weighted by Gasteiger charge is 2.44. The van der Waals surface area contributed by atoms with Crippen molar-refractivity contribution in [2.45, 2.75) is 32.2 Å². The summed E-state index contributed by atoms with van der Waals surface area (Å²) in [7, 11) is 0. The summed E-state index contributed by atoms with van der Waals surface area (Å²) in [6.45, 7) is 1.78. The van der Waals surface area contributed by atoms with E-state index in [0.717, 1.165) is 41.7 Å². The molecule has 2 atom stereocenters. The van der Waals surface area contributed by atoms with Gasteiger partial charge in [-0.15, -0.1) is 11.3 Å². The van der Waals surface area contributed by atoms with Gasteiger partial charge >= 0.3 is 0 Å². The van der Waals surface area contributed by atoms with Crippen molar-refractivity contribution in [2.24, 2.45) is 11.0 Å². The molecule has 0 spiro atoms. The smallest absolute Gasteiger partial charge is 0.266 e. The number of carbonyl (C=O) groups excluding carboxylic acids is 1. The predicted molar refractivity (Wildman–Crippen MR) is 135 cm³/mol. The van der Waals surface area contributed by atoms with Crippen LogP contribution >= 0.6 is 11.3 Å². The van der Waals surface area contributed by atoms with Crippen molar-refractivity contribution in [3.8, 4) is 0 Å². The minimum absolute atomic E-state index is 0.0172. The van der Waals surface area contributed by atoms with Crippen LogP contribution in [-0.2, 0) is 0 Å². The van der Waals surface area contributed by atoms with Gasteiger partial charge in [-0.3, -0.25) is 25.0 Å². The number of hydrogen-bond donors (Lipinski definition) is 0. The molecule has 2 unspecified atom stereocenters. The van der Waals surface area contributed by atoms with E-state index in [1.165, 1.54) is 40.6 Å². The van der Waals surface area contributed by atoms with Crippen LogP contribution in [0.3, 0.4) is 0 Å². The van der Waals surface area contributed by atoms with E-state index in [1.54, 1.807) is 36.7 Å². The lowest BCUT2D eigenvalue weighted by atomic mass is 9.77. The van der Waals surface area contributed by atoms with Crippen molar-refractivity contribution in [1.82, 2.24) is 9.99 Å². The highest BCUT2D eigenvalue weighted by atomic mass is 32.1. The lowest BCUT2D eigenvalue weighted by Crippen LogP contribution is -2.31. The molecule has 1 aromatic heterocycles. The summed E-state index contributed by atoms with van der Waals surface area (Å²) in [5, 5.41) is 28.5. The fourth-order valence-corrected chi connectivity index (χ4v) is 5.53. The van der Waals surface area contributed by atoms with Crippen LogP contribution < -0.4 is 0 Å². The number of aryl methyl sites for hydroxylation is 1. The lowest BCUT2D eigenvalue weighted by Gasteiger charge is -2.29. The number of fused-ring (bicyclic) bond motifs is 1. The third kappa shape index (κ3) is 4.29. The van der Waals surface area contributed by atoms with E-state index in [4.69, 9.17) is 5.10 Å². The first-order valence-electron chi connectivity index (χ1n) is 11.4. The highest BCUT2D eigenvalue weighted by molar-refractivity contribution is 7.11. The van der Waals surface area contributed by atoms with Crippen molar-refractivity contribution in [3.05, 3.63) is 102 Å². The number of nitro groups is 2. The monoisotopic (exact) mass is 503 g/mol. The number of carbonyl (C=O) groups is 1. The Hall–Kier alpha value is -4.25. The van der Waals surface area contributed by atoms with Crippen molar-refractivity contribution in [3.63, 3.8) is 0 Å². The molecule has 1 amide bonds. The Bertz CT molecular complexity index is 1410. The zero-order valence-corrected chi connectivity index (χ0v) is 20.1. The van der Waals surface area contributed by atoms with Crippen LogP contribution in [0.5, 0.6) is 0 Å². The van der Waals surface area contributed by atoms with Gasteiger partial charge in [0.2, 0.25) is 0 Å². The maximum absolute atomic E-state index is 13.6. The molecule has 36 heavy (non-hydrogen) atoms. The van der Waals surface area contributed by atoms with Crippen LogP contribution in [0.1, 0.15) is 51.8 Å². The fourth-order valence-electron chi connectivity index (χ4n) is 4.80. The zero-order valence-electron chi connectivity index (χ0n) is 19.2. The van der Waals surface area contributed by atoms with Crippen LogP contribution in [0.2, 0.25) is 0 Å². The van der Waals surface area contributed by atoms with E-state index >= 15 is 0 Å². The van der Waals surface area contributed by atoms with E-state index in [2.05, 4.69) is 4.98 Å². The van der Waals surface area contributed by atoms with Crippen LogP contribution in [0.15, 0.2) is 64.7 Å². The molecule has 10 nitrogen and oxygen atoms in total. The quantitative estimate of drug-likeness (QED) is 0.324. The predicted octanol–water partition coefficient (Wildman–Crippen LogP) is 5.70. The minimum atomic E-state index is -0.449. The van der Waals surface area contributed by atoms with Gasteiger partial charge in [0.1, 0.15) is 4.88 Å². The second-order valence-electron chi connectivity index (χ2n) is 8.71. The number of thiazole rings is 1. The van der Waals surface area contributed by atoms with E-state index < -0.39 is 15.9 Å². The lowest BCUT2D eigenvalue weighted by molar-refractivity contribution is -0.385. The maximum atomic E-state index is 13.6. The number of hydrazone groups is 1. The molecule has 2 aromatic carbocycles. The molecule has 3 aromatic rings. The van der Waals surface area contributed by atoms with Gasteiger partial charge in [0, 0.05) is 30.2 Å². The topological polar surface area (TPSA) is 132 Å². The van der Waals surface area contributed by atoms with Crippen LogP contribution in [0.25, 0.3) is 6.08 Å². The summed E-state index contributed by atoms with van der Waals surface area (Å²) in [6, 6.07) is 12.2. The molecule has 2 heterocycles. The van der Waals surface area contributed by atoms with Gasteiger partial charge in [-0.1, -0.05) is 12.1 Å². The number of benzene rings is 2. The average molecular weight is 504 g/mol. The summed E-state index contributed by atoms with van der Waals surface area (Å²) in [5.41, 5.74) is 5.62. The average Bonchev–Trinajstić information content (AvgIpc) is 3.48. The molecule has 0 radical (unpaired) electrons. The van der Waals surface area contributed by atoms with Gasteiger partial charge in [0.15, 0.2) is 0 Å². The molecular weight excluding hydrogens is 482 g/mol. The molecule has 1 aliphatic heterocycles. The molecule has 1 saturated carbocycles. The Morgan fingerprint density at radius 3 is 2.28 bits per heavy atom. The number of non-ortho nitro benzene ring substituents is 2. The number of nitrogens with zero attached hydrogens (tertiary/aromatic N) is 5. The van der Waals surface area contributed by atoms with Crippen molar-refractivity contribution in [1.29, 1.82) is 0 Å². The van der Waals surface area contributed by atoms with Gasteiger partial charge in [0.05, 0.1) is 32.8 Å². The fraction of sp³-hybridized carbons (Fsp3) is 0.240. The molecule has 1 fully saturated rings. The molecular formula is C25H21N5O5S. The van der Waals surface area contributed by atoms with Crippen LogP contribution in [0.4, 0.5) is 11.4 Å². The molecule has 0 saturated heterocycles. The second kappa shape index (κ2) is 9.42. The van der Waals surface area contributed by atoms with Gasteiger partial charge in [-0.25, -0.2) is 9.99 Å². The summed E-state index contributed by atoms with van der Waals surface area (Å²) < 4.78 is 0. The van der Waals surface area contributed by atoms with E-state index in [1.807, 2.05) is 6.08 Å². The molecule has 0 N–H and O–H groups in total. The molecule has 0 bridgehead atoms. The summed E-state index contributed by atoms with van der Waals surface area (Å²) in [5.74, 6) is -0.336. The Kier molecular flexibility index (Phi) is 6.15. The van der Waals surface area contributed by atoms with Crippen molar-refractivity contribution < 1.29 is 14.6 Å². The Labute approximate surface area is 209 Å². The second-order valence-corrected chi connectivity index (χ2v) is 9.57. The first-order chi connectivity index (χ1) is 17.3. The first-order valence-corrected chi connectivity index (χ1v) is 12.2. The van der Waals surface area contributed by atoms with E-state index in [0.29, 0.717) is 10.6 Å². The number of aromatic nitrogens is 1. The van der Waals surface area contributed by atoms with Gasteiger partial charge in [0.25, 0.3) is 17.3 Å². The molecule has 11 heteroatoms. The van der Waals surface area contributed by atoms with E-state index in [9.17, 15) is 25.0 Å². The number of allylic oxidation sites excluding steroid dienone is 1. The molecule has 182 valence electrons. The third-order valence-corrected chi connectivity index (χ3v) is 7.46. The Balaban J connectivity index is 1.55. The molecule has 1 aliphatic carbocycles. The Morgan fingerprint density at radius 2 is 1.69 bits per heavy atom. The third-order valence-electron chi connectivity index (χ3n) is 6.54. The Morgan fingerprint density at radius 1 is 1.06 bits per heavy atom. The van der Waals surface area contributed by atoms with Crippen LogP contribution in [0, 0.1) is 33.1 Å². The standard InChI is InChI=1S/C25H21N5O5S/c1-15-24(36-14-26-15)25(31)28-23(17-7-11-20(12-8-17)30(34)35)21-4-2-3-18(22(21)27-28)13-16-5-9-19(10-6-16)29(32)33/h5-14,21,23H,2-4H2,1H3/b18-13-. The van der Waals surface area contributed by atoms with Gasteiger partial charge in [-0.05, 0) is 61.1 Å². The van der Waals surface area contributed by atoms with Gasteiger partial charge < -0.3 is 0 Å². The summed E-state index contributed by atoms with van der Waals surface area (Å²) in [6.07, 6.45) is 4.42.